The molecule has 2 unspecified atom stereocenters. The molecule has 0 bridgehead atoms. The molecule has 1 saturated heterocycles. The van der Waals surface area contributed by atoms with E-state index in [0.717, 1.165) is 39.1 Å². The summed E-state index contributed by atoms with van der Waals surface area (Å²) < 4.78 is 8.16. The Hall–Kier alpha value is -0.870. The van der Waals surface area contributed by atoms with Crippen molar-refractivity contribution >= 4 is 0 Å². The first-order valence-corrected chi connectivity index (χ1v) is 7.19. The minimum absolute atomic E-state index is 0.398. The summed E-state index contributed by atoms with van der Waals surface area (Å²) in [7, 11) is 0. The van der Waals surface area contributed by atoms with Gasteiger partial charge in [-0.05, 0) is 13.3 Å². The second kappa shape index (κ2) is 5.02. The van der Waals surface area contributed by atoms with E-state index in [1.807, 2.05) is 0 Å². The normalized spacial score (nSPS) is 27.4. The summed E-state index contributed by atoms with van der Waals surface area (Å²) in [6, 6.07) is 0. The van der Waals surface area contributed by atoms with E-state index in [-0.39, 0.29) is 0 Å². The van der Waals surface area contributed by atoms with Crippen LogP contribution in [0.1, 0.15) is 37.5 Å². The molecule has 3 rings (SSSR count). The smallest absolute Gasteiger partial charge is 0.108 e. The highest BCUT2D eigenvalue weighted by Gasteiger charge is 2.27. The van der Waals surface area contributed by atoms with Crippen molar-refractivity contribution in [1.82, 2.24) is 14.9 Å². The van der Waals surface area contributed by atoms with Gasteiger partial charge in [0.05, 0.1) is 11.8 Å². The lowest BCUT2D eigenvalue weighted by molar-refractivity contribution is 0.101. The topological polar surface area (TPSA) is 39.1 Å². The van der Waals surface area contributed by atoms with E-state index in [9.17, 15) is 0 Å². The summed E-state index contributed by atoms with van der Waals surface area (Å²) in [5.41, 5.74) is 2.73. The van der Waals surface area contributed by atoms with E-state index >= 15 is 0 Å². The van der Waals surface area contributed by atoms with E-state index in [4.69, 9.17) is 9.72 Å². The van der Waals surface area contributed by atoms with Gasteiger partial charge in [-0.2, -0.15) is 0 Å². The molecule has 0 amide bonds. The first kappa shape index (κ1) is 12.2. The molecule has 2 aliphatic rings. The molecule has 4 nitrogen and oxygen atoms in total. The van der Waals surface area contributed by atoms with Gasteiger partial charge in [-0.25, -0.2) is 4.98 Å². The van der Waals surface area contributed by atoms with Gasteiger partial charge in [-0.15, -0.1) is 0 Å². The fraction of sp³-hybridized carbons (Fsp3) is 0.786. The minimum atomic E-state index is 0.398. The average molecular weight is 249 g/mol. The second-order valence-corrected chi connectivity index (χ2v) is 5.44. The number of aromatic nitrogens is 2. The lowest BCUT2D eigenvalue weighted by Gasteiger charge is -2.20. The predicted molar refractivity (Wildman–Crippen MR) is 70.5 cm³/mol. The van der Waals surface area contributed by atoms with Crippen molar-refractivity contribution < 1.29 is 4.74 Å². The first-order chi connectivity index (χ1) is 8.79. The highest BCUT2D eigenvalue weighted by atomic mass is 16.5. The van der Waals surface area contributed by atoms with Crippen LogP contribution in [0, 0.1) is 5.92 Å². The Labute approximate surface area is 109 Å². The zero-order valence-electron chi connectivity index (χ0n) is 11.4. The van der Waals surface area contributed by atoms with Crippen molar-refractivity contribution in [3.63, 3.8) is 0 Å². The predicted octanol–water partition coefficient (Wildman–Crippen LogP) is 1.52. The van der Waals surface area contributed by atoms with Crippen molar-refractivity contribution in [2.45, 2.75) is 52.3 Å². The summed E-state index contributed by atoms with van der Waals surface area (Å²) in [6.07, 6.45) is 3.73. The molecule has 2 aliphatic heterocycles. The van der Waals surface area contributed by atoms with Gasteiger partial charge in [0.2, 0.25) is 0 Å². The second-order valence-electron chi connectivity index (χ2n) is 5.44. The fourth-order valence-electron chi connectivity index (χ4n) is 3.16. The van der Waals surface area contributed by atoms with Crippen LogP contribution in [0.5, 0.6) is 0 Å². The van der Waals surface area contributed by atoms with E-state index in [2.05, 4.69) is 23.7 Å². The summed E-state index contributed by atoms with van der Waals surface area (Å²) in [4.78, 5) is 4.80. The van der Waals surface area contributed by atoms with E-state index in [1.54, 1.807) is 0 Å². The summed E-state index contributed by atoms with van der Waals surface area (Å²) in [5.74, 6) is 1.91. The van der Waals surface area contributed by atoms with Crippen LogP contribution in [-0.4, -0.2) is 28.8 Å². The number of fused-ring (bicyclic) bond motifs is 1. The van der Waals surface area contributed by atoms with E-state index in [1.165, 1.54) is 23.6 Å². The van der Waals surface area contributed by atoms with Crippen LogP contribution >= 0.6 is 0 Å². The molecule has 0 radical (unpaired) electrons. The number of ether oxygens (including phenoxy) is 1. The number of nitrogens with one attached hydrogen (secondary N) is 1. The van der Waals surface area contributed by atoms with Crippen LogP contribution < -0.4 is 5.32 Å². The molecule has 100 valence electrons. The third-order valence-electron chi connectivity index (χ3n) is 4.33. The summed E-state index contributed by atoms with van der Waals surface area (Å²) >= 11 is 0. The minimum Gasteiger partial charge on any atom is -0.378 e. The molecular formula is C14H23N3O. The van der Waals surface area contributed by atoms with Gasteiger partial charge in [0.1, 0.15) is 5.82 Å². The number of hydrogen-bond donors (Lipinski definition) is 1. The van der Waals surface area contributed by atoms with Crippen LogP contribution in [0.25, 0.3) is 0 Å². The Bertz CT molecular complexity index is 427. The molecule has 1 fully saturated rings. The van der Waals surface area contributed by atoms with Crippen molar-refractivity contribution in [3.8, 4) is 0 Å². The largest absolute Gasteiger partial charge is 0.378 e. The van der Waals surface area contributed by atoms with Crippen LogP contribution in [0.4, 0.5) is 0 Å². The van der Waals surface area contributed by atoms with Gasteiger partial charge in [0, 0.05) is 50.7 Å². The quantitative estimate of drug-likeness (QED) is 0.882. The van der Waals surface area contributed by atoms with E-state index in [0.29, 0.717) is 12.0 Å². The molecule has 2 atom stereocenters. The molecule has 18 heavy (non-hydrogen) atoms. The van der Waals surface area contributed by atoms with Crippen molar-refractivity contribution in [2.24, 2.45) is 5.92 Å². The van der Waals surface area contributed by atoms with Gasteiger partial charge in [-0.3, -0.25) is 0 Å². The molecule has 0 spiro atoms. The van der Waals surface area contributed by atoms with Crippen molar-refractivity contribution in [1.29, 1.82) is 0 Å². The Balaban J connectivity index is 1.87. The molecule has 1 aromatic heterocycles. The number of rotatable bonds is 3. The Kier molecular flexibility index (Phi) is 3.39. The van der Waals surface area contributed by atoms with Crippen molar-refractivity contribution in [3.05, 3.63) is 17.2 Å². The monoisotopic (exact) mass is 249 g/mol. The fourth-order valence-corrected chi connectivity index (χ4v) is 3.16. The van der Waals surface area contributed by atoms with Gasteiger partial charge in [-0.1, -0.05) is 6.92 Å². The van der Waals surface area contributed by atoms with Crippen LogP contribution in [0.3, 0.4) is 0 Å². The number of aryl methyl sites for hydroxylation is 1. The van der Waals surface area contributed by atoms with Gasteiger partial charge >= 0.3 is 0 Å². The highest BCUT2D eigenvalue weighted by Crippen LogP contribution is 2.25. The molecular weight excluding hydrogens is 226 g/mol. The third kappa shape index (κ3) is 2.08. The maximum absolute atomic E-state index is 5.69. The molecule has 0 aliphatic carbocycles. The zero-order valence-corrected chi connectivity index (χ0v) is 11.4. The van der Waals surface area contributed by atoms with Crippen molar-refractivity contribution in [2.75, 3.05) is 13.2 Å². The maximum Gasteiger partial charge on any atom is 0.108 e. The number of imidazole rings is 1. The number of nitrogens with zero attached hydrogens (tertiary/aromatic N) is 2. The number of hydrogen-bond acceptors (Lipinski definition) is 3. The van der Waals surface area contributed by atoms with Crippen LogP contribution in [-0.2, 0) is 30.7 Å². The molecule has 0 saturated carbocycles. The first-order valence-electron chi connectivity index (χ1n) is 7.19. The zero-order chi connectivity index (χ0) is 12.5. The lowest BCUT2D eigenvalue weighted by atomic mass is 10.0. The standard InChI is InChI=1S/C14H23N3O/c1-3-14-16-12-8-15-6-4-13(12)17(14)9-11-5-7-18-10(11)2/h10-11,15H,3-9H2,1-2H3. The Morgan fingerprint density at radius 1 is 1.50 bits per heavy atom. The van der Waals surface area contributed by atoms with Gasteiger partial charge < -0.3 is 14.6 Å². The van der Waals surface area contributed by atoms with Gasteiger partial charge in [0.15, 0.2) is 0 Å². The van der Waals surface area contributed by atoms with Crippen LogP contribution in [0.2, 0.25) is 0 Å². The average Bonchev–Trinajstić information content (AvgIpc) is 2.95. The Morgan fingerprint density at radius 3 is 3.11 bits per heavy atom. The van der Waals surface area contributed by atoms with Crippen LogP contribution in [0.15, 0.2) is 0 Å². The third-order valence-corrected chi connectivity index (χ3v) is 4.33. The SMILES string of the molecule is CCc1nc2c(n1CC1CCOC1C)CCNC2. The highest BCUT2D eigenvalue weighted by molar-refractivity contribution is 5.20. The summed E-state index contributed by atoms with van der Waals surface area (Å²) in [6.45, 7) is 8.43. The summed E-state index contributed by atoms with van der Waals surface area (Å²) in [5, 5.41) is 3.41. The van der Waals surface area contributed by atoms with E-state index < -0.39 is 0 Å². The molecule has 3 heterocycles. The molecule has 1 N–H and O–H groups in total. The van der Waals surface area contributed by atoms with Gasteiger partial charge in [0.25, 0.3) is 0 Å². The molecule has 0 aromatic carbocycles. The molecule has 1 aromatic rings. The maximum atomic E-state index is 5.69. The Morgan fingerprint density at radius 2 is 2.39 bits per heavy atom. The lowest BCUT2D eigenvalue weighted by Crippen LogP contribution is -2.27. The molecule has 4 heteroatoms.